The molecule has 2 heteroatoms. The third-order valence-corrected chi connectivity index (χ3v) is 2.81. The van der Waals surface area contributed by atoms with Crippen LogP contribution >= 0.6 is 0 Å². The molecule has 0 heterocycles. The molecule has 0 spiro atoms. The SMILES string of the molecule is CCC(O)CNCCC1CCC1. The molecule has 0 amide bonds. The molecular formula is C10H21NO. The maximum absolute atomic E-state index is 9.23. The first-order valence-electron chi connectivity index (χ1n) is 5.21. The van der Waals surface area contributed by atoms with Gasteiger partial charge in [-0.05, 0) is 25.3 Å². The number of nitrogens with one attached hydrogen (secondary N) is 1. The van der Waals surface area contributed by atoms with E-state index in [0.29, 0.717) is 0 Å². The first-order valence-corrected chi connectivity index (χ1v) is 5.21. The summed E-state index contributed by atoms with van der Waals surface area (Å²) in [6, 6.07) is 0. The molecule has 1 aliphatic rings. The summed E-state index contributed by atoms with van der Waals surface area (Å²) in [5.74, 6) is 0.983. The van der Waals surface area contributed by atoms with Gasteiger partial charge in [-0.1, -0.05) is 26.2 Å². The van der Waals surface area contributed by atoms with Gasteiger partial charge in [-0.15, -0.1) is 0 Å². The van der Waals surface area contributed by atoms with Gasteiger partial charge in [0.25, 0.3) is 0 Å². The predicted octanol–water partition coefficient (Wildman–Crippen LogP) is 1.54. The van der Waals surface area contributed by atoms with E-state index in [2.05, 4.69) is 5.32 Å². The van der Waals surface area contributed by atoms with Crippen molar-refractivity contribution in [2.24, 2.45) is 5.92 Å². The van der Waals surface area contributed by atoms with Gasteiger partial charge in [-0.2, -0.15) is 0 Å². The quantitative estimate of drug-likeness (QED) is 0.594. The van der Waals surface area contributed by atoms with E-state index in [-0.39, 0.29) is 6.10 Å². The minimum absolute atomic E-state index is 0.147. The highest BCUT2D eigenvalue weighted by Crippen LogP contribution is 2.28. The van der Waals surface area contributed by atoms with Crippen molar-refractivity contribution in [2.75, 3.05) is 13.1 Å². The van der Waals surface area contributed by atoms with E-state index in [1.54, 1.807) is 0 Å². The molecule has 0 aliphatic heterocycles. The molecule has 1 saturated carbocycles. The molecule has 12 heavy (non-hydrogen) atoms. The van der Waals surface area contributed by atoms with Crippen LogP contribution < -0.4 is 5.32 Å². The molecule has 0 radical (unpaired) electrons. The molecule has 2 nitrogen and oxygen atoms in total. The Kier molecular flexibility index (Phi) is 4.62. The Bertz CT molecular complexity index is 106. The van der Waals surface area contributed by atoms with E-state index in [4.69, 9.17) is 0 Å². The molecule has 72 valence electrons. The van der Waals surface area contributed by atoms with E-state index in [1.807, 2.05) is 6.92 Å². The molecule has 1 atom stereocenters. The molecule has 0 bridgehead atoms. The maximum Gasteiger partial charge on any atom is 0.0662 e. The lowest BCUT2D eigenvalue weighted by molar-refractivity contribution is 0.165. The Labute approximate surface area is 75.4 Å². The molecule has 1 fully saturated rings. The summed E-state index contributed by atoms with van der Waals surface area (Å²) >= 11 is 0. The van der Waals surface area contributed by atoms with Crippen molar-refractivity contribution in [3.8, 4) is 0 Å². The lowest BCUT2D eigenvalue weighted by Gasteiger charge is -2.25. The van der Waals surface area contributed by atoms with Gasteiger partial charge < -0.3 is 10.4 Å². The monoisotopic (exact) mass is 171 g/mol. The van der Waals surface area contributed by atoms with Gasteiger partial charge in [0.05, 0.1) is 6.10 Å². The topological polar surface area (TPSA) is 32.3 Å². The van der Waals surface area contributed by atoms with Crippen LogP contribution in [0.3, 0.4) is 0 Å². The summed E-state index contributed by atoms with van der Waals surface area (Å²) in [6.07, 6.45) is 6.30. The zero-order valence-corrected chi connectivity index (χ0v) is 8.05. The average molecular weight is 171 g/mol. The maximum atomic E-state index is 9.23. The second kappa shape index (κ2) is 5.55. The smallest absolute Gasteiger partial charge is 0.0662 e. The Morgan fingerprint density at radius 1 is 1.50 bits per heavy atom. The number of aliphatic hydroxyl groups is 1. The fourth-order valence-corrected chi connectivity index (χ4v) is 1.50. The molecule has 2 N–H and O–H groups in total. The average Bonchev–Trinajstić information content (AvgIpc) is 2.00. The number of aliphatic hydroxyl groups excluding tert-OH is 1. The Balaban J connectivity index is 1.82. The van der Waals surface area contributed by atoms with Crippen LogP contribution in [0.2, 0.25) is 0 Å². The highest BCUT2D eigenvalue weighted by atomic mass is 16.3. The number of hydrogen-bond acceptors (Lipinski definition) is 2. The zero-order valence-electron chi connectivity index (χ0n) is 8.05. The molecule has 0 aromatic rings. The van der Waals surface area contributed by atoms with E-state index < -0.39 is 0 Å². The molecule has 0 aromatic carbocycles. The van der Waals surface area contributed by atoms with Crippen molar-refractivity contribution in [3.05, 3.63) is 0 Å². The van der Waals surface area contributed by atoms with E-state index in [9.17, 15) is 5.11 Å². The van der Waals surface area contributed by atoms with Gasteiger partial charge in [0.2, 0.25) is 0 Å². The highest BCUT2D eigenvalue weighted by molar-refractivity contribution is 4.70. The van der Waals surface area contributed by atoms with Crippen molar-refractivity contribution in [1.82, 2.24) is 5.32 Å². The van der Waals surface area contributed by atoms with Crippen LogP contribution in [-0.4, -0.2) is 24.3 Å². The second-order valence-corrected chi connectivity index (χ2v) is 3.85. The van der Waals surface area contributed by atoms with Crippen LogP contribution in [0.15, 0.2) is 0 Å². The van der Waals surface area contributed by atoms with Crippen molar-refractivity contribution < 1.29 is 5.11 Å². The van der Waals surface area contributed by atoms with E-state index in [0.717, 1.165) is 25.4 Å². The Hall–Kier alpha value is -0.0800. The normalized spacial score (nSPS) is 20.5. The molecule has 1 aliphatic carbocycles. The fourth-order valence-electron chi connectivity index (χ4n) is 1.50. The van der Waals surface area contributed by atoms with Crippen LogP contribution in [0, 0.1) is 5.92 Å². The van der Waals surface area contributed by atoms with Gasteiger partial charge in [0.15, 0.2) is 0 Å². The van der Waals surface area contributed by atoms with Crippen LogP contribution in [0.25, 0.3) is 0 Å². The van der Waals surface area contributed by atoms with Gasteiger partial charge in [0.1, 0.15) is 0 Å². The summed E-state index contributed by atoms with van der Waals surface area (Å²) < 4.78 is 0. The summed E-state index contributed by atoms with van der Waals surface area (Å²) in [4.78, 5) is 0. The predicted molar refractivity (Wildman–Crippen MR) is 51.1 cm³/mol. The van der Waals surface area contributed by atoms with Crippen molar-refractivity contribution in [2.45, 2.75) is 45.1 Å². The summed E-state index contributed by atoms with van der Waals surface area (Å²) in [5.41, 5.74) is 0. The molecule has 1 unspecified atom stereocenters. The number of hydrogen-bond donors (Lipinski definition) is 2. The minimum Gasteiger partial charge on any atom is -0.392 e. The highest BCUT2D eigenvalue weighted by Gasteiger charge is 2.16. The third kappa shape index (κ3) is 3.55. The molecule has 1 rings (SSSR count). The molecular weight excluding hydrogens is 150 g/mol. The zero-order chi connectivity index (χ0) is 8.81. The number of rotatable bonds is 6. The van der Waals surface area contributed by atoms with Crippen LogP contribution in [0.1, 0.15) is 39.0 Å². The van der Waals surface area contributed by atoms with Crippen LogP contribution in [0.4, 0.5) is 0 Å². The van der Waals surface area contributed by atoms with Crippen LogP contribution in [-0.2, 0) is 0 Å². The Morgan fingerprint density at radius 3 is 2.75 bits per heavy atom. The summed E-state index contributed by atoms with van der Waals surface area (Å²) in [6.45, 7) is 3.86. The lowest BCUT2D eigenvalue weighted by atomic mass is 9.83. The van der Waals surface area contributed by atoms with Crippen LogP contribution in [0.5, 0.6) is 0 Å². The van der Waals surface area contributed by atoms with Crippen molar-refractivity contribution in [1.29, 1.82) is 0 Å². The third-order valence-electron chi connectivity index (χ3n) is 2.81. The summed E-state index contributed by atoms with van der Waals surface area (Å²) in [5, 5.41) is 12.5. The standard InChI is InChI=1S/C10H21NO/c1-2-10(12)8-11-7-6-9-4-3-5-9/h9-12H,2-8H2,1H3. The van der Waals surface area contributed by atoms with Gasteiger partial charge >= 0.3 is 0 Å². The first-order chi connectivity index (χ1) is 5.83. The van der Waals surface area contributed by atoms with E-state index >= 15 is 0 Å². The second-order valence-electron chi connectivity index (χ2n) is 3.85. The summed E-state index contributed by atoms with van der Waals surface area (Å²) in [7, 11) is 0. The van der Waals surface area contributed by atoms with E-state index in [1.165, 1.54) is 25.7 Å². The molecule has 0 saturated heterocycles. The van der Waals surface area contributed by atoms with Gasteiger partial charge in [0, 0.05) is 6.54 Å². The Morgan fingerprint density at radius 2 is 2.25 bits per heavy atom. The first kappa shape index (κ1) is 10.0. The lowest BCUT2D eigenvalue weighted by Crippen LogP contribution is -2.28. The van der Waals surface area contributed by atoms with Crippen molar-refractivity contribution in [3.63, 3.8) is 0 Å². The molecule has 0 aromatic heterocycles. The van der Waals surface area contributed by atoms with Gasteiger partial charge in [-0.3, -0.25) is 0 Å². The largest absolute Gasteiger partial charge is 0.392 e. The van der Waals surface area contributed by atoms with Gasteiger partial charge in [-0.25, -0.2) is 0 Å². The van der Waals surface area contributed by atoms with Crippen molar-refractivity contribution >= 4 is 0 Å². The fraction of sp³-hybridized carbons (Fsp3) is 1.00. The minimum atomic E-state index is -0.147.